The SMILES string of the molecule is Cn1cc(S(=O)(=O)N2CCCC(n3c(-c4ccccc4)c(C(=O)N4CCNCC4)n(Cc4ccc(F)c(F)c4)c3=O)C2)cn1. The molecule has 2 aliphatic heterocycles. The Morgan fingerprint density at radius 1 is 1.05 bits per heavy atom. The van der Waals surface area contributed by atoms with Crippen LogP contribution in [0.2, 0.25) is 0 Å². The Balaban J connectivity index is 1.51. The Morgan fingerprint density at radius 2 is 1.80 bits per heavy atom. The number of nitrogens with one attached hydrogen (secondary N) is 1. The van der Waals surface area contributed by atoms with Crippen LogP contribution >= 0.6 is 0 Å². The maximum Gasteiger partial charge on any atom is 0.329 e. The number of hydrogen-bond donors (Lipinski definition) is 1. The topological polar surface area (TPSA) is 114 Å². The minimum atomic E-state index is -3.90. The van der Waals surface area contributed by atoms with Gasteiger partial charge in [0.1, 0.15) is 10.6 Å². The van der Waals surface area contributed by atoms with Gasteiger partial charge in [0.25, 0.3) is 5.91 Å². The van der Waals surface area contributed by atoms with Crippen molar-refractivity contribution in [3.63, 3.8) is 0 Å². The van der Waals surface area contributed by atoms with Gasteiger partial charge in [-0.15, -0.1) is 0 Å². The highest BCUT2D eigenvalue weighted by Gasteiger charge is 2.37. The molecule has 11 nitrogen and oxygen atoms in total. The zero-order valence-electron chi connectivity index (χ0n) is 24.2. The number of amides is 1. The van der Waals surface area contributed by atoms with E-state index in [-0.39, 0.29) is 36.1 Å². The first-order valence-electron chi connectivity index (χ1n) is 14.5. The fraction of sp³-hybridized carbons (Fsp3) is 0.367. The first-order chi connectivity index (χ1) is 21.1. The van der Waals surface area contributed by atoms with Crippen molar-refractivity contribution in [2.24, 2.45) is 7.05 Å². The molecular formula is C30H33F2N7O4S. The second-order valence-corrected chi connectivity index (χ2v) is 13.0. The molecular weight excluding hydrogens is 592 g/mol. The summed E-state index contributed by atoms with van der Waals surface area (Å²) in [5.74, 6) is -2.44. The molecule has 1 atom stereocenters. The summed E-state index contributed by atoms with van der Waals surface area (Å²) in [5.41, 5.74) is 0.881. The lowest BCUT2D eigenvalue weighted by molar-refractivity contribution is 0.0725. The van der Waals surface area contributed by atoms with Gasteiger partial charge in [-0.25, -0.2) is 22.0 Å². The minimum Gasteiger partial charge on any atom is -0.335 e. The number of nitrogens with zero attached hydrogens (tertiary/aromatic N) is 6. The first-order valence-corrected chi connectivity index (χ1v) is 15.9. The summed E-state index contributed by atoms with van der Waals surface area (Å²) >= 11 is 0. The Morgan fingerprint density at radius 3 is 2.48 bits per heavy atom. The molecule has 0 radical (unpaired) electrons. The number of sulfonamides is 1. The number of imidazole rings is 1. The quantitative estimate of drug-likeness (QED) is 0.338. The monoisotopic (exact) mass is 625 g/mol. The molecule has 2 fully saturated rings. The molecule has 1 unspecified atom stereocenters. The molecule has 0 saturated carbocycles. The lowest BCUT2D eigenvalue weighted by atomic mass is 10.0. The van der Waals surface area contributed by atoms with Crippen LogP contribution in [-0.4, -0.2) is 81.7 Å². The van der Waals surface area contributed by atoms with Crippen molar-refractivity contribution in [2.45, 2.75) is 30.3 Å². The standard InChI is InChI=1S/C30H33F2N7O4S/c1-35-20-24(17-34-35)44(42,43)37-13-5-8-23(19-37)39-27(22-6-3-2-4-7-22)28(29(40)36-14-11-33-12-15-36)38(30(39)41)18-21-9-10-25(31)26(32)16-21/h2-4,6-7,9-10,16-17,20,23,33H,5,8,11-15,18-19H2,1H3. The third kappa shape index (κ3) is 5.60. The lowest BCUT2D eigenvalue weighted by Crippen LogP contribution is -2.47. The molecule has 0 aliphatic carbocycles. The average molecular weight is 626 g/mol. The fourth-order valence-electron chi connectivity index (χ4n) is 6.01. The second-order valence-electron chi connectivity index (χ2n) is 11.1. The van der Waals surface area contributed by atoms with Crippen LogP contribution in [0.25, 0.3) is 11.3 Å². The number of carbonyl (C=O) groups excluding carboxylic acids is 1. The molecule has 2 saturated heterocycles. The normalized spacial score (nSPS) is 18.1. The molecule has 1 amide bonds. The number of halogens is 2. The predicted molar refractivity (Wildman–Crippen MR) is 159 cm³/mol. The summed E-state index contributed by atoms with van der Waals surface area (Å²) in [6, 6.07) is 11.8. The molecule has 0 spiro atoms. The van der Waals surface area contributed by atoms with Crippen LogP contribution in [0.5, 0.6) is 0 Å². The van der Waals surface area contributed by atoms with Gasteiger partial charge in [0.15, 0.2) is 11.6 Å². The molecule has 1 N–H and O–H groups in total. The number of hydrogen-bond acceptors (Lipinski definition) is 6. The van der Waals surface area contributed by atoms with Crippen molar-refractivity contribution < 1.29 is 22.0 Å². The van der Waals surface area contributed by atoms with E-state index in [1.807, 2.05) is 6.07 Å². The maximum absolute atomic E-state index is 14.5. The van der Waals surface area contributed by atoms with Crippen molar-refractivity contribution in [1.29, 1.82) is 0 Å². The van der Waals surface area contributed by atoms with Crippen LogP contribution < -0.4 is 11.0 Å². The van der Waals surface area contributed by atoms with E-state index in [9.17, 15) is 26.8 Å². The van der Waals surface area contributed by atoms with Crippen molar-refractivity contribution in [1.82, 2.24) is 33.4 Å². The average Bonchev–Trinajstić information content (AvgIpc) is 3.61. The predicted octanol–water partition coefficient (Wildman–Crippen LogP) is 2.45. The lowest BCUT2D eigenvalue weighted by Gasteiger charge is -2.33. The van der Waals surface area contributed by atoms with Crippen LogP contribution in [-0.2, 0) is 23.6 Å². The third-order valence-electron chi connectivity index (χ3n) is 8.19. The molecule has 2 aliphatic rings. The summed E-state index contributed by atoms with van der Waals surface area (Å²) < 4.78 is 60.7. The van der Waals surface area contributed by atoms with Crippen molar-refractivity contribution in [3.05, 3.63) is 94.3 Å². The Hall–Kier alpha value is -4.14. The fourth-order valence-corrected chi connectivity index (χ4v) is 7.51. The van der Waals surface area contributed by atoms with E-state index in [1.54, 1.807) is 36.2 Å². The Labute approximate surface area is 253 Å². The summed E-state index contributed by atoms with van der Waals surface area (Å²) in [5, 5.41) is 7.23. The number of benzene rings is 2. The van der Waals surface area contributed by atoms with Gasteiger partial charge in [-0.05, 0) is 30.5 Å². The van der Waals surface area contributed by atoms with Gasteiger partial charge >= 0.3 is 5.69 Å². The van der Waals surface area contributed by atoms with Crippen LogP contribution in [0, 0.1) is 11.6 Å². The highest BCUT2D eigenvalue weighted by Crippen LogP contribution is 2.33. The smallest absolute Gasteiger partial charge is 0.329 e. The number of rotatable bonds is 7. The summed E-state index contributed by atoms with van der Waals surface area (Å²) in [6.07, 6.45) is 3.71. The summed E-state index contributed by atoms with van der Waals surface area (Å²) in [6.45, 7) is 2.13. The van der Waals surface area contributed by atoms with E-state index in [2.05, 4.69) is 10.4 Å². The molecule has 232 valence electrons. The largest absolute Gasteiger partial charge is 0.335 e. The molecule has 14 heteroatoms. The van der Waals surface area contributed by atoms with E-state index in [0.717, 1.165) is 12.1 Å². The molecule has 0 bridgehead atoms. The summed E-state index contributed by atoms with van der Waals surface area (Å²) in [7, 11) is -2.26. The molecule has 2 aromatic heterocycles. The molecule has 4 aromatic rings. The van der Waals surface area contributed by atoms with E-state index in [4.69, 9.17) is 0 Å². The number of aromatic nitrogens is 4. The third-order valence-corrected chi connectivity index (χ3v) is 10.0. The summed E-state index contributed by atoms with van der Waals surface area (Å²) in [4.78, 5) is 30.4. The van der Waals surface area contributed by atoms with Crippen molar-refractivity contribution in [3.8, 4) is 11.3 Å². The second kappa shape index (κ2) is 12.1. The number of piperazine rings is 1. The Kier molecular flexibility index (Phi) is 8.22. The zero-order valence-corrected chi connectivity index (χ0v) is 25.0. The zero-order chi connectivity index (χ0) is 31.0. The molecule has 6 rings (SSSR count). The van der Waals surface area contributed by atoms with Gasteiger partial charge in [-0.1, -0.05) is 36.4 Å². The van der Waals surface area contributed by atoms with Crippen molar-refractivity contribution >= 4 is 15.9 Å². The van der Waals surface area contributed by atoms with Gasteiger partial charge in [-0.2, -0.15) is 9.40 Å². The highest BCUT2D eigenvalue weighted by atomic mass is 32.2. The van der Waals surface area contributed by atoms with Gasteiger partial charge in [0.05, 0.1) is 24.5 Å². The number of carbonyl (C=O) groups is 1. The maximum atomic E-state index is 14.5. The molecule has 4 heterocycles. The van der Waals surface area contributed by atoms with Crippen LogP contribution in [0.15, 0.2) is 70.6 Å². The van der Waals surface area contributed by atoms with Gasteiger partial charge in [-0.3, -0.25) is 18.6 Å². The van der Waals surface area contributed by atoms with E-state index < -0.39 is 33.4 Å². The minimum absolute atomic E-state index is 0.00736. The van der Waals surface area contributed by atoms with Crippen LogP contribution in [0.1, 0.15) is 34.9 Å². The van der Waals surface area contributed by atoms with Gasteiger partial charge in [0.2, 0.25) is 10.0 Å². The number of aryl methyl sites for hydroxylation is 1. The Bertz CT molecular complexity index is 1850. The number of piperidine rings is 1. The van der Waals surface area contributed by atoms with Crippen molar-refractivity contribution in [2.75, 3.05) is 39.3 Å². The van der Waals surface area contributed by atoms with E-state index >= 15 is 0 Å². The van der Waals surface area contributed by atoms with Crippen LogP contribution in [0.3, 0.4) is 0 Å². The van der Waals surface area contributed by atoms with E-state index in [0.29, 0.717) is 55.8 Å². The van der Waals surface area contributed by atoms with E-state index in [1.165, 1.54) is 36.6 Å². The molecule has 2 aromatic carbocycles. The van der Waals surface area contributed by atoms with Gasteiger partial charge < -0.3 is 10.2 Å². The first kappa shape index (κ1) is 29.9. The van der Waals surface area contributed by atoms with Gasteiger partial charge in [0, 0.05) is 58.1 Å². The molecule has 44 heavy (non-hydrogen) atoms. The van der Waals surface area contributed by atoms with Crippen LogP contribution in [0.4, 0.5) is 8.78 Å². The highest BCUT2D eigenvalue weighted by molar-refractivity contribution is 7.89.